The quantitative estimate of drug-likeness (QED) is 0.177. The second-order valence-electron chi connectivity index (χ2n) is 18.0. The molecule has 4 bridgehead atoms. The minimum Gasteiger partial charge on any atom is -0.307 e. The summed E-state index contributed by atoms with van der Waals surface area (Å²) in [7, 11) is 0. The number of aromatic nitrogens is 3. The number of rotatable bonds is 3. The summed E-state index contributed by atoms with van der Waals surface area (Å²) in [5, 5.41) is 7.61. The molecule has 4 fully saturated rings. The Morgan fingerprint density at radius 3 is 1.93 bits per heavy atom. The maximum atomic E-state index is 4.32. The first-order chi connectivity index (χ1) is 28.7. The lowest BCUT2D eigenvalue weighted by Crippen LogP contribution is -2.55. The van der Waals surface area contributed by atoms with Crippen molar-refractivity contribution in [3.05, 3.63) is 175 Å². The Hall–Kier alpha value is -6.45. The molecule has 0 amide bonds. The van der Waals surface area contributed by atoms with Crippen LogP contribution >= 0.6 is 0 Å². The summed E-state index contributed by atoms with van der Waals surface area (Å²) in [5.74, 6) is 3.35. The van der Waals surface area contributed by atoms with Crippen molar-refractivity contribution < 1.29 is 0 Å². The molecule has 0 aliphatic heterocycles. The van der Waals surface area contributed by atoms with Gasteiger partial charge in [-0.3, -0.25) is 4.98 Å². The van der Waals surface area contributed by atoms with E-state index in [2.05, 4.69) is 166 Å². The first-order valence-corrected chi connectivity index (χ1v) is 21.4. The van der Waals surface area contributed by atoms with Crippen molar-refractivity contribution in [3.8, 4) is 33.6 Å². The lowest BCUT2D eigenvalue weighted by Gasteiger charge is -2.61. The van der Waals surface area contributed by atoms with Gasteiger partial charge in [0.25, 0.3) is 0 Å². The maximum Gasteiger partial charge on any atom is 0.0789 e. The molecule has 3 nitrogen and oxygen atoms in total. The molecule has 10 aromatic rings. The van der Waals surface area contributed by atoms with E-state index in [0.717, 1.165) is 34.9 Å². The fourth-order valence-electron chi connectivity index (χ4n) is 13.5. The third-order valence-corrected chi connectivity index (χ3v) is 15.4. The zero-order valence-corrected chi connectivity index (χ0v) is 32.3. The van der Waals surface area contributed by atoms with Crippen LogP contribution in [0.5, 0.6) is 0 Å². The monoisotopic (exact) mass is 743 g/mol. The molecule has 3 heteroatoms. The van der Waals surface area contributed by atoms with Crippen LogP contribution in [0.25, 0.3) is 88.0 Å². The van der Waals surface area contributed by atoms with Gasteiger partial charge in [-0.05, 0) is 137 Å². The van der Waals surface area contributed by atoms with Gasteiger partial charge in [0.15, 0.2) is 0 Å². The zero-order chi connectivity index (χ0) is 37.7. The average molecular weight is 744 g/mol. The van der Waals surface area contributed by atoms with Gasteiger partial charge >= 0.3 is 0 Å². The van der Waals surface area contributed by atoms with Gasteiger partial charge in [0.2, 0.25) is 0 Å². The van der Waals surface area contributed by atoms with Crippen molar-refractivity contribution in [2.45, 2.75) is 37.5 Å². The standard InChI is InChI=1S/C55H41N3/c1-2-11-42-36(8-1)16-18-46-47-20-19-45-44-13-4-6-15-51(44)57(53(45)54(47)58(52(42)46)40-10-7-9-37(31-40)35-22-24-56-25-23-35)41-17-21-50-48(32-41)43-12-3-5-14-49(43)55(50)38-27-33-26-34(29-38)30-39(55)28-33/h1-25,31-34,38-39H,26-30H2. The van der Waals surface area contributed by atoms with Crippen molar-refractivity contribution in [2.24, 2.45) is 23.7 Å². The fraction of sp³-hybridized carbons (Fsp3) is 0.182. The molecule has 0 N–H and O–H groups in total. The van der Waals surface area contributed by atoms with E-state index in [1.54, 1.807) is 11.1 Å². The molecule has 1 spiro atoms. The molecule has 4 saturated carbocycles. The van der Waals surface area contributed by atoms with Crippen LogP contribution in [0.15, 0.2) is 164 Å². The van der Waals surface area contributed by atoms with E-state index in [-0.39, 0.29) is 5.41 Å². The smallest absolute Gasteiger partial charge is 0.0789 e. The van der Waals surface area contributed by atoms with Crippen LogP contribution in [0.1, 0.15) is 43.2 Å². The molecule has 7 aromatic carbocycles. The van der Waals surface area contributed by atoms with Crippen molar-refractivity contribution in [3.63, 3.8) is 0 Å². The second kappa shape index (κ2) is 11.4. The third-order valence-electron chi connectivity index (χ3n) is 15.4. The molecule has 3 heterocycles. The Balaban J connectivity index is 1.10. The molecule has 5 aliphatic rings. The predicted octanol–water partition coefficient (Wildman–Crippen LogP) is 13.8. The topological polar surface area (TPSA) is 22.8 Å². The Labute approximate surface area is 337 Å². The largest absolute Gasteiger partial charge is 0.307 e. The summed E-state index contributed by atoms with van der Waals surface area (Å²) in [6, 6.07) is 57.8. The van der Waals surface area contributed by atoms with Crippen molar-refractivity contribution in [1.82, 2.24) is 14.1 Å². The van der Waals surface area contributed by atoms with Crippen LogP contribution in [0.4, 0.5) is 0 Å². The van der Waals surface area contributed by atoms with E-state index < -0.39 is 0 Å². The highest BCUT2D eigenvalue weighted by Gasteiger charge is 2.61. The zero-order valence-electron chi connectivity index (χ0n) is 32.3. The molecule has 15 rings (SSSR count). The van der Waals surface area contributed by atoms with E-state index >= 15 is 0 Å². The molecule has 276 valence electrons. The number of hydrogen-bond donors (Lipinski definition) is 0. The van der Waals surface area contributed by atoms with Gasteiger partial charge in [-0.1, -0.05) is 109 Å². The van der Waals surface area contributed by atoms with Crippen LogP contribution in [0.3, 0.4) is 0 Å². The van der Waals surface area contributed by atoms with E-state index in [4.69, 9.17) is 0 Å². The Morgan fingerprint density at radius 2 is 1.09 bits per heavy atom. The van der Waals surface area contributed by atoms with E-state index in [1.807, 2.05) is 12.4 Å². The van der Waals surface area contributed by atoms with E-state index in [1.165, 1.54) is 109 Å². The van der Waals surface area contributed by atoms with Crippen molar-refractivity contribution in [1.29, 1.82) is 0 Å². The third kappa shape index (κ3) is 3.97. The molecule has 3 aromatic heterocycles. The van der Waals surface area contributed by atoms with Gasteiger partial charge in [0.05, 0.1) is 22.1 Å². The van der Waals surface area contributed by atoms with Gasteiger partial charge in [0, 0.05) is 56.1 Å². The first-order valence-electron chi connectivity index (χ1n) is 21.4. The first kappa shape index (κ1) is 31.6. The van der Waals surface area contributed by atoms with Crippen LogP contribution in [0.2, 0.25) is 0 Å². The van der Waals surface area contributed by atoms with Crippen LogP contribution in [0, 0.1) is 23.7 Å². The highest BCUT2D eigenvalue weighted by atomic mass is 15.0. The van der Waals surface area contributed by atoms with Gasteiger partial charge < -0.3 is 9.13 Å². The normalized spacial score (nSPS) is 22.9. The minimum absolute atomic E-state index is 0.152. The molecule has 0 radical (unpaired) electrons. The van der Waals surface area contributed by atoms with Gasteiger partial charge in [-0.15, -0.1) is 0 Å². The van der Waals surface area contributed by atoms with Gasteiger partial charge in [0.1, 0.15) is 0 Å². The number of nitrogens with zero attached hydrogens (tertiary/aromatic N) is 3. The summed E-state index contributed by atoms with van der Waals surface area (Å²) >= 11 is 0. The number of pyridine rings is 1. The Bertz CT molecular complexity index is 3330. The highest BCUT2D eigenvalue weighted by molar-refractivity contribution is 6.27. The summed E-state index contributed by atoms with van der Waals surface area (Å²) in [6.07, 6.45) is 10.8. The van der Waals surface area contributed by atoms with Crippen molar-refractivity contribution in [2.75, 3.05) is 0 Å². The minimum atomic E-state index is 0.152. The van der Waals surface area contributed by atoms with Crippen molar-refractivity contribution >= 4 is 54.4 Å². The van der Waals surface area contributed by atoms with Crippen LogP contribution in [-0.2, 0) is 5.41 Å². The van der Waals surface area contributed by atoms with Crippen LogP contribution in [-0.4, -0.2) is 14.1 Å². The summed E-state index contributed by atoms with van der Waals surface area (Å²) in [6.45, 7) is 0. The molecular weight excluding hydrogens is 703 g/mol. The van der Waals surface area contributed by atoms with Crippen LogP contribution < -0.4 is 0 Å². The number of fused-ring (bicyclic) bond motifs is 12. The lowest BCUT2D eigenvalue weighted by atomic mass is 9.43. The molecular formula is C55H41N3. The average Bonchev–Trinajstić information content (AvgIpc) is 3.90. The molecule has 5 aliphatic carbocycles. The fourth-order valence-corrected chi connectivity index (χ4v) is 13.5. The summed E-state index contributed by atoms with van der Waals surface area (Å²) in [4.78, 5) is 4.32. The second-order valence-corrected chi connectivity index (χ2v) is 18.0. The number of hydrogen-bond acceptors (Lipinski definition) is 1. The maximum absolute atomic E-state index is 4.32. The van der Waals surface area contributed by atoms with Gasteiger partial charge in [-0.2, -0.15) is 0 Å². The van der Waals surface area contributed by atoms with E-state index in [9.17, 15) is 0 Å². The Kier molecular flexibility index (Phi) is 6.19. The summed E-state index contributed by atoms with van der Waals surface area (Å²) in [5.41, 5.74) is 16.0. The molecule has 0 atom stereocenters. The number of benzene rings is 7. The Morgan fingerprint density at radius 1 is 0.431 bits per heavy atom. The SMILES string of the molecule is c1cc(-c2ccncc2)cc(-n2c3c4ccccc4ccc3c3ccc4c5ccccc5n(-c5ccc6c(c5)-c5ccccc5C65C6CC7CC(C6)CC5C7)c4c32)c1. The summed E-state index contributed by atoms with van der Waals surface area (Å²) < 4.78 is 5.17. The number of para-hydroxylation sites is 1. The highest BCUT2D eigenvalue weighted by Crippen LogP contribution is 2.69. The lowest BCUT2D eigenvalue weighted by molar-refractivity contribution is -0.0399. The predicted molar refractivity (Wildman–Crippen MR) is 239 cm³/mol. The molecule has 0 saturated heterocycles. The van der Waals surface area contributed by atoms with E-state index in [0.29, 0.717) is 0 Å². The molecule has 0 unspecified atom stereocenters. The molecule has 58 heavy (non-hydrogen) atoms. The van der Waals surface area contributed by atoms with Gasteiger partial charge in [-0.25, -0.2) is 0 Å².